The molecule has 0 atom stereocenters. The molecule has 0 radical (unpaired) electrons. The van der Waals surface area contributed by atoms with E-state index in [1.54, 1.807) is 11.3 Å². The number of hydrogen-bond acceptors (Lipinski definition) is 3. The molecule has 0 fully saturated rings. The van der Waals surface area contributed by atoms with E-state index in [0.717, 1.165) is 17.6 Å². The molecule has 0 saturated heterocycles. The third-order valence-corrected chi connectivity index (χ3v) is 11.3. The second kappa shape index (κ2) is 8.87. The number of hydrogen-bond donors (Lipinski definition) is 0. The molecule has 2 rings (SSSR count). The molecular weight excluding hydrogens is 422 g/mol. The topological polar surface area (TPSA) is 12.5 Å². The fourth-order valence-electron chi connectivity index (χ4n) is 2.22. The average molecular weight is 453 g/mol. The Morgan fingerprint density at radius 1 is 1.15 bits per heavy atom. The third-order valence-electron chi connectivity index (χ3n) is 5.06. The van der Waals surface area contributed by atoms with Crippen molar-refractivity contribution in [3.05, 3.63) is 50.6 Å². The van der Waals surface area contributed by atoms with Crippen LogP contribution in [-0.2, 0) is 4.43 Å². The van der Waals surface area contributed by atoms with Crippen LogP contribution in [0.5, 0.6) is 0 Å². The lowest BCUT2D eigenvalue weighted by Crippen LogP contribution is -2.42. The summed E-state index contributed by atoms with van der Waals surface area (Å²) in [6.07, 6.45) is 4.31. The Balaban J connectivity index is 1.88. The van der Waals surface area contributed by atoms with E-state index in [2.05, 4.69) is 110 Å². The first-order chi connectivity index (χ1) is 12.1. The summed E-state index contributed by atoms with van der Waals surface area (Å²) in [6.45, 7) is 13.1. The van der Waals surface area contributed by atoms with Gasteiger partial charge in [0, 0.05) is 34.0 Å². The molecule has 2 aromatic rings. The molecule has 5 heteroatoms. The molecule has 142 valence electrons. The molecule has 1 heterocycles. The molecule has 0 bridgehead atoms. The Bertz CT molecular complexity index is 731. The van der Waals surface area contributed by atoms with Crippen molar-refractivity contribution in [2.45, 2.75) is 38.9 Å². The Hall–Kier alpha value is -0.883. The molecule has 0 amide bonds. The van der Waals surface area contributed by atoms with E-state index in [-0.39, 0.29) is 5.04 Å². The van der Waals surface area contributed by atoms with Gasteiger partial charge >= 0.3 is 0 Å². The van der Waals surface area contributed by atoms with Crippen LogP contribution < -0.4 is 4.90 Å². The number of likely N-dealkylation sites (N-methyl/N-ethyl adjacent to an activating group) is 1. The SMILES string of the molecule is CN(CCO[Si](C)(C)C(C)(C)C)c1ccc(C=Cc2cc(Br)cs2)cc1. The molecule has 0 aliphatic carbocycles. The summed E-state index contributed by atoms with van der Waals surface area (Å²) in [5, 5.41) is 2.36. The van der Waals surface area contributed by atoms with E-state index in [1.807, 2.05) is 0 Å². The summed E-state index contributed by atoms with van der Waals surface area (Å²) >= 11 is 5.23. The summed E-state index contributed by atoms with van der Waals surface area (Å²) in [7, 11) is 0.467. The summed E-state index contributed by atoms with van der Waals surface area (Å²) in [4.78, 5) is 3.51. The van der Waals surface area contributed by atoms with Gasteiger partial charge in [0.25, 0.3) is 0 Å². The van der Waals surface area contributed by atoms with Crippen LogP contribution in [-0.4, -0.2) is 28.5 Å². The largest absolute Gasteiger partial charge is 0.415 e. The second-order valence-corrected chi connectivity index (χ2v) is 14.8. The van der Waals surface area contributed by atoms with Gasteiger partial charge in [-0.1, -0.05) is 39.0 Å². The average Bonchev–Trinajstić information content (AvgIpc) is 2.97. The quantitative estimate of drug-likeness (QED) is 0.414. The molecule has 0 aliphatic heterocycles. The van der Waals surface area contributed by atoms with Gasteiger partial charge in [0.2, 0.25) is 0 Å². The second-order valence-electron chi connectivity index (χ2n) is 8.12. The maximum atomic E-state index is 6.28. The maximum absolute atomic E-state index is 6.28. The third kappa shape index (κ3) is 6.08. The van der Waals surface area contributed by atoms with Crippen molar-refractivity contribution in [1.29, 1.82) is 0 Å². The lowest BCUT2D eigenvalue weighted by molar-refractivity contribution is 0.296. The van der Waals surface area contributed by atoms with Crippen molar-refractivity contribution in [1.82, 2.24) is 0 Å². The van der Waals surface area contributed by atoms with Crippen LogP contribution >= 0.6 is 27.3 Å². The molecular formula is C21H30BrNOSSi. The summed E-state index contributed by atoms with van der Waals surface area (Å²) < 4.78 is 7.42. The van der Waals surface area contributed by atoms with Gasteiger partial charge in [0.15, 0.2) is 8.32 Å². The van der Waals surface area contributed by atoms with E-state index in [0.29, 0.717) is 0 Å². The minimum atomic E-state index is -1.66. The summed E-state index contributed by atoms with van der Waals surface area (Å²) in [5.74, 6) is 0. The molecule has 0 N–H and O–H groups in total. The number of halogens is 1. The van der Waals surface area contributed by atoms with Gasteiger partial charge in [-0.2, -0.15) is 0 Å². The van der Waals surface area contributed by atoms with Crippen molar-refractivity contribution in [2.24, 2.45) is 0 Å². The lowest BCUT2D eigenvalue weighted by atomic mass is 10.2. The van der Waals surface area contributed by atoms with Crippen LogP contribution in [0.2, 0.25) is 18.1 Å². The molecule has 1 aromatic carbocycles. The lowest BCUT2D eigenvalue weighted by Gasteiger charge is -2.36. The van der Waals surface area contributed by atoms with Crippen LogP contribution in [0.25, 0.3) is 12.2 Å². The van der Waals surface area contributed by atoms with E-state index in [9.17, 15) is 0 Å². The number of nitrogens with zero attached hydrogens (tertiary/aromatic N) is 1. The van der Waals surface area contributed by atoms with Crippen molar-refractivity contribution in [2.75, 3.05) is 25.1 Å². The van der Waals surface area contributed by atoms with Crippen LogP contribution in [0.15, 0.2) is 40.2 Å². The molecule has 2 nitrogen and oxygen atoms in total. The minimum Gasteiger partial charge on any atom is -0.415 e. The first kappa shape index (κ1) is 21.4. The van der Waals surface area contributed by atoms with E-state index >= 15 is 0 Å². The fraction of sp³-hybridized carbons (Fsp3) is 0.429. The van der Waals surface area contributed by atoms with Crippen LogP contribution in [0.4, 0.5) is 5.69 Å². The van der Waals surface area contributed by atoms with Gasteiger partial charge in [-0.05, 0) is 63.9 Å². The number of anilines is 1. The number of rotatable bonds is 7. The van der Waals surface area contributed by atoms with E-state index in [4.69, 9.17) is 4.43 Å². The Kier molecular flexibility index (Phi) is 7.31. The van der Waals surface area contributed by atoms with Gasteiger partial charge < -0.3 is 9.33 Å². The van der Waals surface area contributed by atoms with Crippen molar-refractivity contribution in [3.63, 3.8) is 0 Å². The smallest absolute Gasteiger partial charge is 0.192 e. The Morgan fingerprint density at radius 2 is 1.81 bits per heavy atom. The number of thiophene rings is 1. The highest BCUT2D eigenvalue weighted by atomic mass is 79.9. The predicted molar refractivity (Wildman–Crippen MR) is 124 cm³/mol. The van der Waals surface area contributed by atoms with Gasteiger partial charge in [0.1, 0.15) is 0 Å². The Morgan fingerprint density at radius 3 is 2.35 bits per heavy atom. The van der Waals surface area contributed by atoms with Gasteiger partial charge in [-0.3, -0.25) is 0 Å². The summed E-state index contributed by atoms with van der Waals surface area (Å²) in [6, 6.07) is 10.8. The zero-order valence-corrected chi connectivity index (χ0v) is 20.1. The molecule has 1 aromatic heterocycles. The van der Waals surface area contributed by atoms with E-state index in [1.165, 1.54) is 16.1 Å². The molecule has 0 saturated carbocycles. The van der Waals surface area contributed by atoms with Gasteiger partial charge in [-0.15, -0.1) is 11.3 Å². The standard InChI is InChI=1S/C21H30BrNOSSi/c1-21(2,3)26(5,6)24-14-13-23(4)19-10-7-17(8-11-19)9-12-20-15-18(22)16-25-20/h7-12,15-16H,13-14H2,1-6H3. The highest BCUT2D eigenvalue weighted by molar-refractivity contribution is 9.10. The van der Waals surface area contributed by atoms with Crippen molar-refractivity contribution >= 4 is 53.4 Å². The van der Waals surface area contributed by atoms with Crippen LogP contribution in [0.1, 0.15) is 31.2 Å². The van der Waals surface area contributed by atoms with Crippen LogP contribution in [0, 0.1) is 0 Å². The summed E-state index contributed by atoms with van der Waals surface area (Å²) in [5.41, 5.74) is 2.43. The van der Waals surface area contributed by atoms with Crippen molar-refractivity contribution < 1.29 is 4.43 Å². The monoisotopic (exact) mass is 451 g/mol. The van der Waals surface area contributed by atoms with Gasteiger partial charge in [0.05, 0.1) is 6.61 Å². The normalized spacial score (nSPS) is 12.7. The van der Waals surface area contributed by atoms with Crippen LogP contribution in [0.3, 0.4) is 0 Å². The zero-order chi connectivity index (χ0) is 19.4. The molecule has 0 aliphatic rings. The molecule has 0 spiro atoms. The fourth-order valence-corrected chi connectivity index (χ4v) is 4.59. The van der Waals surface area contributed by atoms with Crippen molar-refractivity contribution in [3.8, 4) is 0 Å². The van der Waals surface area contributed by atoms with Gasteiger partial charge in [-0.25, -0.2) is 0 Å². The molecule has 26 heavy (non-hydrogen) atoms. The maximum Gasteiger partial charge on any atom is 0.192 e. The predicted octanol–water partition coefficient (Wildman–Crippen LogP) is 7.14. The zero-order valence-electron chi connectivity index (χ0n) is 16.7. The first-order valence-corrected chi connectivity index (χ1v) is 13.5. The Labute approximate surface area is 172 Å². The highest BCUT2D eigenvalue weighted by Crippen LogP contribution is 2.36. The first-order valence-electron chi connectivity index (χ1n) is 8.96. The molecule has 0 unspecified atom stereocenters. The van der Waals surface area contributed by atoms with E-state index < -0.39 is 8.32 Å². The highest BCUT2D eigenvalue weighted by Gasteiger charge is 2.36. The minimum absolute atomic E-state index is 0.262. The number of benzene rings is 1.